The van der Waals surface area contributed by atoms with E-state index in [2.05, 4.69) is 10.3 Å². The van der Waals surface area contributed by atoms with Crippen LogP contribution in [0.2, 0.25) is 0 Å². The van der Waals surface area contributed by atoms with E-state index in [1.807, 2.05) is 23.7 Å². The van der Waals surface area contributed by atoms with Crippen LogP contribution in [0, 0.1) is 5.41 Å². The van der Waals surface area contributed by atoms with Crippen molar-refractivity contribution in [3.8, 4) is 0 Å². The molecule has 1 atom stereocenters. The lowest BCUT2D eigenvalue weighted by atomic mass is 9.75. The van der Waals surface area contributed by atoms with Gasteiger partial charge in [0.1, 0.15) is 0 Å². The van der Waals surface area contributed by atoms with Crippen LogP contribution in [-0.2, 0) is 4.74 Å². The van der Waals surface area contributed by atoms with Crippen molar-refractivity contribution in [2.75, 3.05) is 13.2 Å². The highest BCUT2D eigenvalue weighted by atomic mass is 32.1. The first-order chi connectivity index (χ1) is 10.8. The maximum Gasteiger partial charge on any atom is 0.251 e. The fourth-order valence-corrected chi connectivity index (χ4v) is 4.64. The molecule has 116 valence electrons. The highest BCUT2D eigenvalue weighted by molar-refractivity contribution is 7.16. The van der Waals surface area contributed by atoms with Gasteiger partial charge >= 0.3 is 0 Å². The molecular formula is C17H20N2O2S. The SMILES string of the molecule is O=C(NC1CCCC12CCOCC2)c1ccc2scnc2c1. The van der Waals surface area contributed by atoms with Gasteiger partial charge in [0.05, 0.1) is 15.7 Å². The zero-order chi connectivity index (χ0) is 15.0. The Morgan fingerprint density at radius 2 is 2.18 bits per heavy atom. The molecule has 1 aliphatic carbocycles. The minimum atomic E-state index is 0.0349. The van der Waals surface area contributed by atoms with Crippen molar-refractivity contribution >= 4 is 27.5 Å². The Hall–Kier alpha value is -1.46. The fourth-order valence-electron chi connectivity index (χ4n) is 3.98. The van der Waals surface area contributed by atoms with Crippen molar-refractivity contribution in [2.24, 2.45) is 5.41 Å². The molecule has 1 aromatic carbocycles. The third-order valence-corrected chi connectivity index (χ3v) is 6.10. The summed E-state index contributed by atoms with van der Waals surface area (Å²) in [6, 6.07) is 6.07. The van der Waals surface area contributed by atoms with Crippen LogP contribution in [0.4, 0.5) is 0 Å². The number of nitrogens with zero attached hydrogens (tertiary/aromatic N) is 1. The molecule has 22 heavy (non-hydrogen) atoms. The number of rotatable bonds is 2. The molecule has 5 heteroatoms. The number of carbonyl (C=O) groups is 1. The van der Waals surface area contributed by atoms with Gasteiger partial charge in [-0.25, -0.2) is 4.98 Å². The maximum atomic E-state index is 12.6. The lowest BCUT2D eigenvalue weighted by Gasteiger charge is -2.39. The highest BCUT2D eigenvalue weighted by Gasteiger charge is 2.44. The predicted octanol–water partition coefficient (Wildman–Crippen LogP) is 3.38. The molecule has 4 nitrogen and oxygen atoms in total. The number of hydrogen-bond donors (Lipinski definition) is 1. The Morgan fingerprint density at radius 3 is 3.05 bits per heavy atom. The van der Waals surface area contributed by atoms with E-state index >= 15 is 0 Å². The number of aromatic nitrogens is 1. The second kappa shape index (κ2) is 5.63. The van der Waals surface area contributed by atoms with Crippen LogP contribution in [-0.4, -0.2) is 30.1 Å². The van der Waals surface area contributed by atoms with E-state index in [0.29, 0.717) is 5.56 Å². The van der Waals surface area contributed by atoms with Crippen LogP contribution in [0.15, 0.2) is 23.7 Å². The third-order valence-electron chi connectivity index (χ3n) is 5.29. The number of amides is 1. The number of fused-ring (bicyclic) bond motifs is 1. The van der Waals surface area contributed by atoms with E-state index in [1.54, 1.807) is 11.3 Å². The van der Waals surface area contributed by atoms with Gasteiger partial charge in [-0.2, -0.15) is 0 Å². The molecule has 4 rings (SSSR count). The van der Waals surface area contributed by atoms with Gasteiger partial charge in [0, 0.05) is 24.8 Å². The maximum absolute atomic E-state index is 12.6. The molecule has 1 saturated carbocycles. The summed E-state index contributed by atoms with van der Waals surface area (Å²) in [5.41, 5.74) is 3.70. The topological polar surface area (TPSA) is 51.2 Å². The fraction of sp³-hybridized carbons (Fsp3) is 0.529. The number of hydrogen-bond acceptors (Lipinski definition) is 4. The molecular weight excluding hydrogens is 296 g/mol. The van der Waals surface area contributed by atoms with Gasteiger partial charge in [0.2, 0.25) is 0 Å². The van der Waals surface area contributed by atoms with E-state index in [0.717, 1.165) is 42.7 Å². The largest absolute Gasteiger partial charge is 0.381 e. The quantitative estimate of drug-likeness (QED) is 0.924. The first-order valence-electron chi connectivity index (χ1n) is 7.99. The van der Waals surface area contributed by atoms with E-state index in [1.165, 1.54) is 12.8 Å². The molecule has 1 saturated heterocycles. The second-order valence-electron chi connectivity index (χ2n) is 6.43. The summed E-state index contributed by atoms with van der Waals surface area (Å²) in [6.07, 6.45) is 5.65. The van der Waals surface area contributed by atoms with Crippen molar-refractivity contribution in [1.29, 1.82) is 0 Å². The average Bonchev–Trinajstić information content (AvgIpc) is 3.15. The summed E-state index contributed by atoms with van der Waals surface area (Å²) in [6.45, 7) is 1.66. The molecule has 1 aromatic heterocycles. The smallest absolute Gasteiger partial charge is 0.251 e. The van der Waals surface area contributed by atoms with Gasteiger partial charge in [-0.1, -0.05) is 6.42 Å². The van der Waals surface area contributed by atoms with Crippen LogP contribution in [0.5, 0.6) is 0 Å². The molecule has 0 bridgehead atoms. The molecule has 1 amide bonds. The van der Waals surface area contributed by atoms with E-state index in [-0.39, 0.29) is 17.4 Å². The number of ether oxygens (including phenoxy) is 1. The van der Waals surface area contributed by atoms with Gasteiger partial charge in [0.15, 0.2) is 0 Å². The summed E-state index contributed by atoms with van der Waals surface area (Å²) >= 11 is 1.60. The van der Waals surface area contributed by atoms with Crippen molar-refractivity contribution < 1.29 is 9.53 Å². The van der Waals surface area contributed by atoms with Crippen LogP contribution >= 0.6 is 11.3 Å². The Bertz CT molecular complexity index is 691. The van der Waals surface area contributed by atoms with Gasteiger partial charge in [-0.05, 0) is 49.3 Å². The number of carbonyl (C=O) groups excluding carboxylic acids is 1. The normalized spacial score (nSPS) is 23.9. The zero-order valence-electron chi connectivity index (χ0n) is 12.5. The first-order valence-corrected chi connectivity index (χ1v) is 8.87. The van der Waals surface area contributed by atoms with Gasteiger partial charge < -0.3 is 10.1 Å². The van der Waals surface area contributed by atoms with Crippen molar-refractivity contribution in [2.45, 2.75) is 38.1 Å². The summed E-state index contributed by atoms with van der Waals surface area (Å²) in [5, 5.41) is 3.29. The molecule has 2 fully saturated rings. The number of thiazole rings is 1. The lowest BCUT2D eigenvalue weighted by molar-refractivity contribution is 0.00473. The summed E-state index contributed by atoms with van der Waals surface area (Å²) in [7, 11) is 0. The van der Waals surface area contributed by atoms with Crippen LogP contribution in [0.1, 0.15) is 42.5 Å². The first kappa shape index (κ1) is 14.2. The van der Waals surface area contributed by atoms with Crippen molar-refractivity contribution in [1.82, 2.24) is 10.3 Å². The highest BCUT2D eigenvalue weighted by Crippen LogP contribution is 2.46. The monoisotopic (exact) mass is 316 g/mol. The van der Waals surface area contributed by atoms with E-state index in [4.69, 9.17) is 4.74 Å². The summed E-state index contributed by atoms with van der Waals surface area (Å²) in [5.74, 6) is 0.0349. The average molecular weight is 316 g/mol. The van der Waals surface area contributed by atoms with E-state index in [9.17, 15) is 4.79 Å². The minimum absolute atomic E-state index is 0.0349. The molecule has 2 heterocycles. The summed E-state index contributed by atoms with van der Waals surface area (Å²) in [4.78, 5) is 16.9. The Kier molecular flexibility index (Phi) is 3.62. The van der Waals surface area contributed by atoms with Crippen molar-refractivity contribution in [3.63, 3.8) is 0 Å². The molecule has 1 aliphatic heterocycles. The minimum Gasteiger partial charge on any atom is -0.381 e. The lowest BCUT2D eigenvalue weighted by Crippen LogP contribution is -2.47. The molecule has 0 radical (unpaired) electrons. The standard InChI is InChI=1S/C17H20N2O2S/c20-16(12-3-4-14-13(10-12)18-11-22-14)19-15-2-1-5-17(15)6-8-21-9-7-17/h3-4,10-11,15H,1-2,5-9H2,(H,19,20). The number of benzene rings is 1. The molecule has 1 N–H and O–H groups in total. The molecule has 2 aromatic rings. The molecule has 2 aliphatic rings. The Labute approximate surface area is 133 Å². The van der Waals surface area contributed by atoms with Crippen LogP contribution in [0.25, 0.3) is 10.2 Å². The second-order valence-corrected chi connectivity index (χ2v) is 7.31. The van der Waals surface area contributed by atoms with Crippen LogP contribution in [0.3, 0.4) is 0 Å². The Balaban J connectivity index is 1.53. The van der Waals surface area contributed by atoms with Crippen molar-refractivity contribution in [3.05, 3.63) is 29.3 Å². The number of nitrogens with one attached hydrogen (secondary N) is 1. The zero-order valence-corrected chi connectivity index (χ0v) is 13.3. The van der Waals surface area contributed by atoms with Gasteiger partial charge in [-0.3, -0.25) is 4.79 Å². The molecule has 1 unspecified atom stereocenters. The van der Waals surface area contributed by atoms with Crippen LogP contribution < -0.4 is 5.32 Å². The Morgan fingerprint density at radius 1 is 1.32 bits per heavy atom. The van der Waals surface area contributed by atoms with Gasteiger partial charge in [-0.15, -0.1) is 11.3 Å². The molecule has 1 spiro atoms. The third kappa shape index (κ3) is 2.42. The predicted molar refractivity (Wildman–Crippen MR) is 87.2 cm³/mol. The van der Waals surface area contributed by atoms with Gasteiger partial charge in [0.25, 0.3) is 5.91 Å². The summed E-state index contributed by atoms with van der Waals surface area (Å²) < 4.78 is 6.64. The van der Waals surface area contributed by atoms with E-state index < -0.39 is 0 Å².